The molecule has 0 bridgehead atoms. The second-order valence-electron chi connectivity index (χ2n) is 4.32. The lowest BCUT2D eigenvalue weighted by atomic mass is 10.0. The van der Waals surface area contributed by atoms with Crippen molar-refractivity contribution in [3.05, 3.63) is 46.2 Å². The third-order valence-electron chi connectivity index (χ3n) is 2.98. The highest BCUT2D eigenvalue weighted by molar-refractivity contribution is 6.30. The summed E-state index contributed by atoms with van der Waals surface area (Å²) in [5.41, 5.74) is 2.14. The molecule has 0 saturated carbocycles. The van der Waals surface area contributed by atoms with Crippen molar-refractivity contribution in [2.24, 2.45) is 7.05 Å². The molecule has 1 aromatic carbocycles. The molecule has 2 aromatic rings. The van der Waals surface area contributed by atoms with E-state index in [2.05, 4.69) is 5.10 Å². The lowest BCUT2D eigenvalue weighted by Crippen LogP contribution is -2.01. The molecule has 0 saturated heterocycles. The molecule has 1 heterocycles. The summed E-state index contributed by atoms with van der Waals surface area (Å²) in [4.78, 5) is 0. The first-order valence-corrected chi connectivity index (χ1v) is 6.52. The van der Waals surface area contributed by atoms with Crippen molar-refractivity contribution >= 4 is 11.6 Å². The average Bonchev–Trinajstić information content (AvgIpc) is 2.64. The van der Waals surface area contributed by atoms with Gasteiger partial charge in [-0.1, -0.05) is 23.7 Å². The number of ether oxygens (including phenoxy) is 1. The zero-order chi connectivity index (χ0) is 14.0. The molecular formula is C14H17ClN2O2. The SMILES string of the molecule is CCOc1ccc(C(O)c2c(C)nn(C)c2Cl)cc1. The van der Waals surface area contributed by atoms with Gasteiger partial charge in [0.1, 0.15) is 17.0 Å². The Hall–Kier alpha value is -1.52. The van der Waals surface area contributed by atoms with E-state index in [4.69, 9.17) is 16.3 Å². The third-order valence-corrected chi connectivity index (χ3v) is 3.42. The van der Waals surface area contributed by atoms with Crippen LogP contribution in [-0.2, 0) is 7.05 Å². The van der Waals surface area contributed by atoms with Gasteiger partial charge in [0.25, 0.3) is 0 Å². The fraction of sp³-hybridized carbons (Fsp3) is 0.357. The molecule has 0 fully saturated rings. The largest absolute Gasteiger partial charge is 0.494 e. The molecule has 5 heteroatoms. The topological polar surface area (TPSA) is 47.3 Å². The molecule has 0 aliphatic heterocycles. The first-order valence-electron chi connectivity index (χ1n) is 6.14. The Morgan fingerprint density at radius 2 is 2.00 bits per heavy atom. The van der Waals surface area contributed by atoms with Crippen molar-refractivity contribution in [1.29, 1.82) is 0 Å². The smallest absolute Gasteiger partial charge is 0.133 e. The molecule has 1 N–H and O–H groups in total. The normalized spacial score (nSPS) is 12.5. The van der Waals surface area contributed by atoms with Crippen LogP contribution in [0.25, 0.3) is 0 Å². The molecule has 1 atom stereocenters. The molecule has 0 radical (unpaired) electrons. The Morgan fingerprint density at radius 3 is 2.47 bits per heavy atom. The van der Waals surface area contributed by atoms with Crippen molar-refractivity contribution in [1.82, 2.24) is 9.78 Å². The van der Waals surface area contributed by atoms with Crippen LogP contribution in [-0.4, -0.2) is 21.5 Å². The molecule has 0 aliphatic rings. The Balaban J connectivity index is 2.30. The summed E-state index contributed by atoms with van der Waals surface area (Å²) >= 11 is 6.16. The van der Waals surface area contributed by atoms with Crippen molar-refractivity contribution in [2.45, 2.75) is 20.0 Å². The second kappa shape index (κ2) is 5.63. The molecule has 19 heavy (non-hydrogen) atoms. The monoisotopic (exact) mass is 280 g/mol. The summed E-state index contributed by atoms with van der Waals surface area (Å²) < 4.78 is 6.93. The summed E-state index contributed by atoms with van der Waals surface area (Å²) in [6.07, 6.45) is -0.781. The molecular weight excluding hydrogens is 264 g/mol. The predicted octanol–water partition coefficient (Wildman–Crippen LogP) is 2.86. The molecule has 1 unspecified atom stereocenters. The number of nitrogens with zero attached hydrogens (tertiary/aromatic N) is 2. The maximum Gasteiger partial charge on any atom is 0.133 e. The Morgan fingerprint density at radius 1 is 1.37 bits per heavy atom. The van der Waals surface area contributed by atoms with Crippen LogP contribution in [0.5, 0.6) is 5.75 Å². The highest BCUT2D eigenvalue weighted by Crippen LogP contribution is 2.31. The van der Waals surface area contributed by atoms with Gasteiger partial charge in [-0.3, -0.25) is 4.68 Å². The Kier molecular flexibility index (Phi) is 4.12. The van der Waals surface area contributed by atoms with E-state index in [9.17, 15) is 5.11 Å². The van der Waals surface area contributed by atoms with E-state index in [0.29, 0.717) is 17.3 Å². The number of halogens is 1. The molecule has 4 nitrogen and oxygen atoms in total. The zero-order valence-corrected chi connectivity index (χ0v) is 12.0. The van der Waals surface area contributed by atoms with E-state index in [-0.39, 0.29) is 0 Å². The van der Waals surface area contributed by atoms with Gasteiger partial charge in [0, 0.05) is 12.6 Å². The quantitative estimate of drug-likeness (QED) is 0.937. The molecule has 102 valence electrons. The van der Waals surface area contributed by atoms with E-state index < -0.39 is 6.10 Å². The number of aliphatic hydroxyl groups is 1. The van der Waals surface area contributed by atoms with Gasteiger partial charge in [-0.25, -0.2) is 0 Å². The van der Waals surface area contributed by atoms with Gasteiger partial charge in [0.05, 0.1) is 12.3 Å². The maximum absolute atomic E-state index is 10.4. The number of aromatic nitrogens is 2. The Bertz CT molecular complexity index is 564. The van der Waals surface area contributed by atoms with Gasteiger partial charge in [0.15, 0.2) is 0 Å². The van der Waals surface area contributed by atoms with Crippen LogP contribution in [0.4, 0.5) is 0 Å². The van der Waals surface area contributed by atoms with Crippen LogP contribution in [0.2, 0.25) is 5.15 Å². The highest BCUT2D eigenvalue weighted by Gasteiger charge is 2.20. The van der Waals surface area contributed by atoms with Gasteiger partial charge in [-0.15, -0.1) is 0 Å². The van der Waals surface area contributed by atoms with Crippen LogP contribution >= 0.6 is 11.6 Å². The van der Waals surface area contributed by atoms with E-state index in [0.717, 1.165) is 17.0 Å². The van der Waals surface area contributed by atoms with Crippen molar-refractivity contribution in [3.63, 3.8) is 0 Å². The van der Waals surface area contributed by atoms with E-state index in [1.165, 1.54) is 0 Å². The van der Waals surface area contributed by atoms with Gasteiger partial charge < -0.3 is 9.84 Å². The molecule has 0 amide bonds. The van der Waals surface area contributed by atoms with Gasteiger partial charge in [-0.05, 0) is 31.5 Å². The number of aryl methyl sites for hydroxylation is 2. The summed E-state index contributed by atoms with van der Waals surface area (Å²) in [5, 5.41) is 15.1. The van der Waals surface area contributed by atoms with Gasteiger partial charge >= 0.3 is 0 Å². The molecule has 0 aliphatic carbocycles. The van der Waals surface area contributed by atoms with E-state index in [1.54, 1.807) is 11.7 Å². The second-order valence-corrected chi connectivity index (χ2v) is 4.68. The van der Waals surface area contributed by atoms with E-state index >= 15 is 0 Å². The van der Waals surface area contributed by atoms with Gasteiger partial charge in [-0.2, -0.15) is 5.10 Å². The highest BCUT2D eigenvalue weighted by atomic mass is 35.5. The fourth-order valence-corrected chi connectivity index (χ4v) is 2.31. The summed E-state index contributed by atoms with van der Waals surface area (Å²) in [7, 11) is 1.75. The van der Waals surface area contributed by atoms with Crippen LogP contribution in [0.1, 0.15) is 29.8 Å². The van der Waals surface area contributed by atoms with Crippen molar-refractivity contribution < 1.29 is 9.84 Å². The molecule has 0 spiro atoms. The minimum absolute atomic E-state index is 0.457. The van der Waals surface area contributed by atoms with Crippen molar-refractivity contribution in [2.75, 3.05) is 6.61 Å². The number of benzene rings is 1. The number of rotatable bonds is 4. The molecule has 1 aromatic heterocycles. The first kappa shape index (κ1) is 13.9. The number of hydrogen-bond acceptors (Lipinski definition) is 3. The lowest BCUT2D eigenvalue weighted by molar-refractivity contribution is 0.219. The van der Waals surface area contributed by atoms with E-state index in [1.807, 2.05) is 38.1 Å². The number of hydrogen-bond donors (Lipinski definition) is 1. The van der Waals surface area contributed by atoms with Crippen LogP contribution in [0.15, 0.2) is 24.3 Å². The molecule has 2 rings (SSSR count). The standard InChI is InChI=1S/C14H17ClN2O2/c1-4-19-11-7-5-10(6-8-11)13(18)12-9(2)16-17(3)14(12)15/h5-8,13,18H,4H2,1-3H3. The predicted molar refractivity (Wildman–Crippen MR) is 74.6 cm³/mol. The van der Waals surface area contributed by atoms with Crippen LogP contribution < -0.4 is 4.74 Å². The summed E-state index contributed by atoms with van der Waals surface area (Å²) in [6, 6.07) is 7.33. The Labute approximate surface area is 117 Å². The summed E-state index contributed by atoms with van der Waals surface area (Å²) in [6.45, 7) is 4.38. The first-order chi connectivity index (χ1) is 9.04. The van der Waals surface area contributed by atoms with Crippen LogP contribution in [0, 0.1) is 6.92 Å². The lowest BCUT2D eigenvalue weighted by Gasteiger charge is -2.12. The number of aliphatic hydroxyl groups excluding tert-OH is 1. The van der Waals surface area contributed by atoms with Crippen LogP contribution in [0.3, 0.4) is 0 Å². The van der Waals surface area contributed by atoms with Crippen molar-refractivity contribution in [3.8, 4) is 5.75 Å². The summed E-state index contributed by atoms with van der Waals surface area (Å²) in [5.74, 6) is 0.785. The fourth-order valence-electron chi connectivity index (χ4n) is 2.04. The minimum atomic E-state index is -0.781. The maximum atomic E-state index is 10.4. The minimum Gasteiger partial charge on any atom is -0.494 e. The third kappa shape index (κ3) is 2.74. The zero-order valence-electron chi connectivity index (χ0n) is 11.2. The van der Waals surface area contributed by atoms with Gasteiger partial charge in [0.2, 0.25) is 0 Å². The average molecular weight is 281 g/mol.